The largest absolute Gasteiger partial charge is 0.508 e. The van der Waals surface area contributed by atoms with Crippen LogP contribution in [-0.4, -0.2) is 23.1 Å². The molecule has 1 aliphatic rings. The smallest absolute Gasteiger partial charge is 0.120 e. The van der Waals surface area contributed by atoms with Gasteiger partial charge in [-0.05, 0) is 57.2 Å². The van der Waals surface area contributed by atoms with Crippen LogP contribution in [0.2, 0.25) is 0 Å². The maximum absolute atomic E-state index is 10.00. The standard InChI is InChI=1S/C17H27NO/c1-13(2)15-7-6-11-18(12-10-15)14(3)16-8-4-5-9-17(16)19/h4-5,8-9,13-15,19H,6-7,10-12H2,1-3H3. The van der Waals surface area contributed by atoms with Gasteiger partial charge >= 0.3 is 0 Å². The number of hydrogen-bond donors (Lipinski definition) is 1. The lowest BCUT2D eigenvalue weighted by atomic mass is 9.89. The summed E-state index contributed by atoms with van der Waals surface area (Å²) in [5.41, 5.74) is 1.06. The van der Waals surface area contributed by atoms with Crippen molar-refractivity contribution in [3.05, 3.63) is 29.8 Å². The van der Waals surface area contributed by atoms with E-state index in [1.807, 2.05) is 18.2 Å². The van der Waals surface area contributed by atoms with Crippen LogP contribution >= 0.6 is 0 Å². The Balaban J connectivity index is 2.04. The first kappa shape index (κ1) is 14.4. The van der Waals surface area contributed by atoms with E-state index in [0.717, 1.165) is 30.5 Å². The third kappa shape index (κ3) is 3.50. The van der Waals surface area contributed by atoms with Crippen molar-refractivity contribution in [2.45, 2.75) is 46.1 Å². The van der Waals surface area contributed by atoms with Gasteiger partial charge < -0.3 is 5.11 Å². The Morgan fingerprint density at radius 2 is 1.84 bits per heavy atom. The Bertz CT molecular complexity index is 402. The summed E-state index contributed by atoms with van der Waals surface area (Å²) in [4.78, 5) is 2.53. The predicted molar refractivity (Wildman–Crippen MR) is 80.3 cm³/mol. The Labute approximate surface area is 117 Å². The van der Waals surface area contributed by atoms with Crippen molar-refractivity contribution < 1.29 is 5.11 Å². The van der Waals surface area contributed by atoms with Crippen molar-refractivity contribution in [1.29, 1.82) is 0 Å². The lowest BCUT2D eigenvalue weighted by molar-refractivity contribution is 0.209. The first-order valence-electron chi connectivity index (χ1n) is 7.61. The molecule has 1 aromatic rings. The number of hydrogen-bond acceptors (Lipinski definition) is 2. The SMILES string of the molecule is CC(C)C1CCCN(C(C)c2ccccc2O)CC1. The van der Waals surface area contributed by atoms with E-state index in [2.05, 4.69) is 25.7 Å². The number of likely N-dealkylation sites (tertiary alicyclic amines) is 1. The van der Waals surface area contributed by atoms with Gasteiger partial charge in [0.15, 0.2) is 0 Å². The molecule has 2 unspecified atom stereocenters. The molecule has 2 heteroatoms. The second kappa shape index (κ2) is 6.42. The van der Waals surface area contributed by atoms with E-state index >= 15 is 0 Å². The van der Waals surface area contributed by atoms with Gasteiger partial charge in [-0.25, -0.2) is 0 Å². The zero-order chi connectivity index (χ0) is 13.8. The zero-order valence-electron chi connectivity index (χ0n) is 12.5. The number of para-hydroxylation sites is 1. The van der Waals surface area contributed by atoms with E-state index in [1.54, 1.807) is 6.07 Å². The monoisotopic (exact) mass is 261 g/mol. The van der Waals surface area contributed by atoms with Gasteiger partial charge in [0.2, 0.25) is 0 Å². The highest BCUT2D eigenvalue weighted by molar-refractivity contribution is 5.34. The highest BCUT2D eigenvalue weighted by atomic mass is 16.3. The number of rotatable bonds is 3. The van der Waals surface area contributed by atoms with Gasteiger partial charge in [-0.3, -0.25) is 4.90 Å². The molecule has 2 atom stereocenters. The van der Waals surface area contributed by atoms with Gasteiger partial charge in [0.05, 0.1) is 0 Å². The van der Waals surface area contributed by atoms with Crippen LogP contribution in [0.1, 0.15) is 51.6 Å². The van der Waals surface area contributed by atoms with Gasteiger partial charge in [0.1, 0.15) is 5.75 Å². The molecular formula is C17H27NO. The Morgan fingerprint density at radius 3 is 2.53 bits per heavy atom. The summed E-state index contributed by atoms with van der Waals surface area (Å²) >= 11 is 0. The van der Waals surface area contributed by atoms with Crippen LogP contribution in [0.15, 0.2) is 24.3 Å². The molecule has 0 spiro atoms. The van der Waals surface area contributed by atoms with Crippen LogP contribution in [-0.2, 0) is 0 Å². The normalized spacial score (nSPS) is 23.3. The molecular weight excluding hydrogens is 234 g/mol. The number of benzene rings is 1. The lowest BCUT2D eigenvalue weighted by Gasteiger charge is -2.28. The third-order valence-electron chi connectivity index (χ3n) is 4.68. The molecule has 0 aliphatic carbocycles. The van der Waals surface area contributed by atoms with Crippen LogP contribution < -0.4 is 0 Å². The van der Waals surface area contributed by atoms with E-state index in [9.17, 15) is 5.11 Å². The summed E-state index contributed by atoms with van der Waals surface area (Å²) in [5.74, 6) is 2.08. The molecule has 1 saturated heterocycles. The fourth-order valence-electron chi connectivity index (χ4n) is 3.24. The molecule has 1 fully saturated rings. The fraction of sp³-hybridized carbons (Fsp3) is 0.647. The second-order valence-corrected chi connectivity index (χ2v) is 6.21. The Morgan fingerprint density at radius 1 is 1.11 bits per heavy atom. The van der Waals surface area contributed by atoms with Crippen LogP contribution in [0.3, 0.4) is 0 Å². The predicted octanol–water partition coefficient (Wildman–Crippen LogP) is 4.21. The van der Waals surface area contributed by atoms with Gasteiger partial charge in [0.25, 0.3) is 0 Å². The van der Waals surface area contributed by atoms with E-state index in [-0.39, 0.29) is 0 Å². The molecule has 1 aromatic carbocycles. The molecule has 1 N–H and O–H groups in total. The van der Waals surface area contributed by atoms with Gasteiger partial charge in [-0.1, -0.05) is 32.0 Å². The minimum Gasteiger partial charge on any atom is -0.508 e. The summed E-state index contributed by atoms with van der Waals surface area (Å²) < 4.78 is 0. The average molecular weight is 261 g/mol. The molecule has 0 radical (unpaired) electrons. The van der Waals surface area contributed by atoms with Crippen LogP contribution in [0.5, 0.6) is 5.75 Å². The van der Waals surface area contributed by atoms with Crippen molar-refractivity contribution in [3.63, 3.8) is 0 Å². The van der Waals surface area contributed by atoms with Gasteiger partial charge in [-0.2, -0.15) is 0 Å². The summed E-state index contributed by atoms with van der Waals surface area (Å²) in [6.45, 7) is 9.20. The molecule has 1 heterocycles. The highest BCUT2D eigenvalue weighted by Gasteiger charge is 2.24. The molecule has 19 heavy (non-hydrogen) atoms. The third-order valence-corrected chi connectivity index (χ3v) is 4.68. The maximum Gasteiger partial charge on any atom is 0.120 e. The maximum atomic E-state index is 10.00. The number of nitrogens with zero attached hydrogens (tertiary/aromatic N) is 1. The summed E-state index contributed by atoms with van der Waals surface area (Å²) in [6, 6.07) is 8.06. The molecule has 1 aliphatic heterocycles. The minimum absolute atomic E-state index is 0.312. The summed E-state index contributed by atoms with van der Waals surface area (Å²) in [6.07, 6.45) is 3.91. The summed E-state index contributed by atoms with van der Waals surface area (Å²) in [5, 5.41) is 10.00. The van der Waals surface area contributed by atoms with Crippen LogP contribution in [0.4, 0.5) is 0 Å². The van der Waals surface area contributed by atoms with Crippen molar-refractivity contribution in [2.75, 3.05) is 13.1 Å². The van der Waals surface area contributed by atoms with Crippen molar-refractivity contribution in [2.24, 2.45) is 11.8 Å². The number of phenolic OH excluding ortho intramolecular Hbond substituents is 1. The highest BCUT2D eigenvalue weighted by Crippen LogP contribution is 2.32. The topological polar surface area (TPSA) is 23.5 Å². The van der Waals surface area contributed by atoms with Gasteiger partial charge in [-0.15, -0.1) is 0 Å². The Kier molecular flexibility index (Phi) is 4.87. The Hall–Kier alpha value is -1.02. The molecule has 0 aromatic heterocycles. The summed E-state index contributed by atoms with van der Waals surface area (Å²) in [7, 11) is 0. The van der Waals surface area contributed by atoms with Crippen molar-refractivity contribution in [3.8, 4) is 5.75 Å². The van der Waals surface area contributed by atoms with E-state index in [1.165, 1.54) is 19.3 Å². The van der Waals surface area contributed by atoms with E-state index in [0.29, 0.717) is 11.8 Å². The molecule has 106 valence electrons. The van der Waals surface area contributed by atoms with Crippen molar-refractivity contribution in [1.82, 2.24) is 4.90 Å². The molecule has 0 saturated carbocycles. The average Bonchev–Trinajstić information content (AvgIpc) is 2.64. The van der Waals surface area contributed by atoms with Crippen LogP contribution in [0, 0.1) is 11.8 Å². The molecule has 0 bridgehead atoms. The van der Waals surface area contributed by atoms with Gasteiger partial charge in [0, 0.05) is 11.6 Å². The number of aromatic hydroxyl groups is 1. The fourth-order valence-corrected chi connectivity index (χ4v) is 3.24. The lowest BCUT2D eigenvalue weighted by Crippen LogP contribution is -2.28. The zero-order valence-corrected chi connectivity index (χ0v) is 12.5. The second-order valence-electron chi connectivity index (χ2n) is 6.21. The van der Waals surface area contributed by atoms with E-state index < -0.39 is 0 Å². The quantitative estimate of drug-likeness (QED) is 0.881. The molecule has 0 amide bonds. The minimum atomic E-state index is 0.312. The van der Waals surface area contributed by atoms with E-state index in [4.69, 9.17) is 0 Å². The first-order chi connectivity index (χ1) is 9.09. The number of phenols is 1. The van der Waals surface area contributed by atoms with Crippen LogP contribution in [0.25, 0.3) is 0 Å². The molecule has 2 nitrogen and oxygen atoms in total. The first-order valence-corrected chi connectivity index (χ1v) is 7.61. The van der Waals surface area contributed by atoms with Crippen molar-refractivity contribution >= 4 is 0 Å². The molecule has 2 rings (SSSR count).